The number of piperidine rings is 1. The highest BCUT2D eigenvalue weighted by atomic mass is 19.3. The van der Waals surface area contributed by atoms with Gasteiger partial charge in [-0.05, 0) is 24.1 Å². The SMILES string of the molecule is COCc1ccc(C(F)F)cc1.O=CN1CCC(CNc2nnc3ccccn23)C(F)C1. The van der Waals surface area contributed by atoms with Crippen molar-refractivity contribution in [3.05, 3.63) is 59.8 Å². The zero-order chi connectivity index (χ0) is 22.9. The molecule has 1 aromatic carbocycles. The molecule has 1 fully saturated rings. The van der Waals surface area contributed by atoms with Crippen LogP contribution in [0.5, 0.6) is 0 Å². The number of halogens is 3. The van der Waals surface area contributed by atoms with Gasteiger partial charge in [-0.15, -0.1) is 10.2 Å². The second-order valence-electron chi connectivity index (χ2n) is 7.47. The highest BCUT2D eigenvalue weighted by Crippen LogP contribution is 2.21. The Morgan fingerprint density at radius 1 is 1.22 bits per heavy atom. The molecule has 10 heteroatoms. The Balaban J connectivity index is 0.000000207. The Kier molecular flexibility index (Phi) is 8.43. The quantitative estimate of drug-likeness (QED) is 0.557. The highest BCUT2D eigenvalue weighted by Gasteiger charge is 2.28. The lowest BCUT2D eigenvalue weighted by Gasteiger charge is -2.32. The molecule has 0 spiro atoms. The molecular weight excluding hydrogens is 423 g/mol. The summed E-state index contributed by atoms with van der Waals surface area (Å²) < 4.78 is 44.7. The zero-order valence-electron chi connectivity index (χ0n) is 17.7. The van der Waals surface area contributed by atoms with Crippen LogP contribution in [0.4, 0.5) is 19.1 Å². The lowest BCUT2D eigenvalue weighted by atomic mass is 9.95. The van der Waals surface area contributed by atoms with Crippen molar-refractivity contribution in [3.63, 3.8) is 0 Å². The summed E-state index contributed by atoms with van der Waals surface area (Å²) in [5, 5.41) is 11.2. The maximum atomic E-state index is 13.9. The van der Waals surface area contributed by atoms with Crippen LogP contribution in [-0.2, 0) is 16.1 Å². The van der Waals surface area contributed by atoms with Crippen molar-refractivity contribution in [3.8, 4) is 0 Å². The van der Waals surface area contributed by atoms with Gasteiger partial charge in [0.1, 0.15) is 6.17 Å². The van der Waals surface area contributed by atoms with Crippen molar-refractivity contribution in [2.75, 3.05) is 32.1 Å². The third kappa shape index (κ3) is 6.19. The van der Waals surface area contributed by atoms with E-state index in [0.717, 1.165) is 11.2 Å². The molecule has 0 saturated carbocycles. The fourth-order valence-electron chi connectivity index (χ4n) is 3.41. The number of hydrogen-bond acceptors (Lipinski definition) is 5. The molecule has 3 heterocycles. The number of likely N-dealkylation sites (tertiary alicyclic amines) is 1. The van der Waals surface area contributed by atoms with Gasteiger partial charge in [0.25, 0.3) is 6.43 Å². The van der Waals surface area contributed by atoms with Crippen molar-refractivity contribution < 1.29 is 22.7 Å². The van der Waals surface area contributed by atoms with Crippen LogP contribution in [-0.4, -0.2) is 58.8 Å². The monoisotopic (exact) mass is 449 g/mol. The van der Waals surface area contributed by atoms with Gasteiger partial charge in [0, 0.05) is 37.9 Å². The van der Waals surface area contributed by atoms with Crippen molar-refractivity contribution in [1.29, 1.82) is 0 Å². The lowest BCUT2D eigenvalue weighted by molar-refractivity contribution is -0.120. The van der Waals surface area contributed by atoms with Gasteiger partial charge in [0.05, 0.1) is 13.2 Å². The number of nitrogens with one attached hydrogen (secondary N) is 1. The fourth-order valence-corrected chi connectivity index (χ4v) is 3.41. The molecule has 1 saturated heterocycles. The van der Waals surface area contributed by atoms with Crippen LogP contribution in [0.15, 0.2) is 48.7 Å². The molecule has 0 bridgehead atoms. The largest absolute Gasteiger partial charge is 0.380 e. The molecular formula is C22H26F3N5O2. The zero-order valence-corrected chi connectivity index (χ0v) is 17.7. The Labute approximate surface area is 184 Å². The summed E-state index contributed by atoms with van der Waals surface area (Å²) in [5.74, 6) is 0.507. The molecule has 1 amide bonds. The molecule has 7 nitrogen and oxygen atoms in total. The first kappa shape index (κ1) is 23.5. The average Bonchev–Trinajstić information content (AvgIpc) is 3.22. The fraction of sp³-hybridized carbons (Fsp3) is 0.409. The Morgan fingerprint density at radius 2 is 2.00 bits per heavy atom. The van der Waals surface area contributed by atoms with Gasteiger partial charge in [-0.1, -0.05) is 30.3 Å². The van der Waals surface area contributed by atoms with E-state index in [1.807, 2.05) is 28.8 Å². The molecule has 2 unspecified atom stereocenters. The third-order valence-electron chi connectivity index (χ3n) is 5.24. The number of aromatic nitrogens is 3. The number of hydrogen-bond donors (Lipinski definition) is 1. The number of ether oxygens (including phenoxy) is 1. The minimum atomic E-state index is -2.39. The minimum absolute atomic E-state index is 0.0508. The minimum Gasteiger partial charge on any atom is -0.380 e. The first-order valence-electron chi connectivity index (χ1n) is 10.2. The maximum Gasteiger partial charge on any atom is 0.263 e. The predicted octanol–water partition coefficient (Wildman–Crippen LogP) is 3.73. The molecule has 2 aromatic heterocycles. The van der Waals surface area contributed by atoms with E-state index in [2.05, 4.69) is 15.5 Å². The molecule has 0 aliphatic carbocycles. The number of rotatable bonds is 7. The van der Waals surface area contributed by atoms with Gasteiger partial charge in [0.15, 0.2) is 5.65 Å². The Hall–Kier alpha value is -3.14. The van der Waals surface area contributed by atoms with Crippen molar-refractivity contribution in [2.24, 2.45) is 5.92 Å². The second-order valence-corrected chi connectivity index (χ2v) is 7.47. The van der Waals surface area contributed by atoms with Crippen LogP contribution >= 0.6 is 0 Å². The van der Waals surface area contributed by atoms with Crippen LogP contribution in [0.2, 0.25) is 0 Å². The maximum absolute atomic E-state index is 13.9. The molecule has 1 aliphatic heterocycles. The number of carbonyl (C=O) groups excluding carboxylic acids is 1. The van der Waals surface area contributed by atoms with Crippen LogP contribution in [0, 0.1) is 5.92 Å². The highest BCUT2D eigenvalue weighted by molar-refractivity contribution is 5.47. The standard InChI is InChI=1S/C13H16FN5O.C9H10F2O/c14-11-8-18(9-20)6-4-10(11)7-15-13-17-16-12-3-1-2-5-19(12)13;1-12-6-7-2-4-8(5-3-7)9(10)11/h1-3,5,9-11H,4,6-8H2,(H,15,17);2-5,9H,6H2,1H3. The number of methoxy groups -OCH3 is 1. The molecule has 32 heavy (non-hydrogen) atoms. The summed E-state index contributed by atoms with van der Waals surface area (Å²) in [6.07, 6.45) is -0.159. The first-order valence-corrected chi connectivity index (χ1v) is 10.2. The van der Waals surface area contributed by atoms with Gasteiger partial charge >= 0.3 is 0 Å². The van der Waals surface area contributed by atoms with Gasteiger partial charge in [-0.2, -0.15) is 0 Å². The van der Waals surface area contributed by atoms with Crippen LogP contribution in [0.3, 0.4) is 0 Å². The number of amides is 1. The number of anilines is 1. The van der Waals surface area contributed by atoms with E-state index in [0.29, 0.717) is 38.5 Å². The van der Waals surface area contributed by atoms with E-state index in [1.54, 1.807) is 19.2 Å². The molecule has 2 atom stereocenters. The topological polar surface area (TPSA) is 71.8 Å². The van der Waals surface area contributed by atoms with E-state index < -0.39 is 12.6 Å². The number of nitrogens with zero attached hydrogens (tertiary/aromatic N) is 4. The third-order valence-corrected chi connectivity index (χ3v) is 5.24. The van der Waals surface area contributed by atoms with E-state index in [-0.39, 0.29) is 18.0 Å². The van der Waals surface area contributed by atoms with Crippen molar-refractivity contribution in [1.82, 2.24) is 19.5 Å². The molecule has 1 N–H and O–H groups in total. The summed E-state index contributed by atoms with van der Waals surface area (Å²) in [6.45, 7) is 1.74. The number of pyridine rings is 1. The Bertz CT molecular complexity index is 983. The summed E-state index contributed by atoms with van der Waals surface area (Å²) in [5.41, 5.74) is 1.71. The van der Waals surface area contributed by atoms with E-state index in [4.69, 9.17) is 4.74 Å². The Morgan fingerprint density at radius 3 is 2.66 bits per heavy atom. The van der Waals surface area contributed by atoms with Gasteiger partial charge < -0.3 is 15.0 Å². The second kappa shape index (κ2) is 11.5. The number of benzene rings is 1. The van der Waals surface area contributed by atoms with Crippen LogP contribution in [0.25, 0.3) is 5.65 Å². The number of fused-ring (bicyclic) bond motifs is 1. The van der Waals surface area contributed by atoms with E-state index in [1.165, 1.54) is 17.0 Å². The molecule has 172 valence electrons. The van der Waals surface area contributed by atoms with Crippen LogP contribution < -0.4 is 5.32 Å². The van der Waals surface area contributed by atoms with Crippen LogP contribution in [0.1, 0.15) is 24.0 Å². The molecule has 0 radical (unpaired) electrons. The molecule has 3 aromatic rings. The van der Waals surface area contributed by atoms with Gasteiger partial charge in [-0.3, -0.25) is 9.20 Å². The number of alkyl halides is 3. The summed E-state index contributed by atoms with van der Waals surface area (Å²) in [7, 11) is 1.57. The predicted molar refractivity (Wildman–Crippen MR) is 114 cm³/mol. The summed E-state index contributed by atoms with van der Waals surface area (Å²) >= 11 is 0. The first-order chi connectivity index (χ1) is 15.5. The van der Waals surface area contributed by atoms with Crippen molar-refractivity contribution in [2.45, 2.75) is 25.6 Å². The summed E-state index contributed by atoms with van der Waals surface area (Å²) in [4.78, 5) is 12.1. The summed E-state index contributed by atoms with van der Waals surface area (Å²) in [6, 6.07) is 11.8. The van der Waals surface area contributed by atoms with E-state index >= 15 is 0 Å². The normalized spacial score (nSPS) is 18.3. The number of carbonyl (C=O) groups is 1. The van der Waals surface area contributed by atoms with Gasteiger partial charge in [-0.25, -0.2) is 13.2 Å². The van der Waals surface area contributed by atoms with Gasteiger partial charge in [0.2, 0.25) is 12.4 Å². The smallest absolute Gasteiger partial charge is 0.263 e. The molecule has 4 rings (SSSR count). The van der Waals surface area contributed by atoms with Crippen molar-refractivity contribution >= 4 is 18.0 Å². The average molecular weight is 449 g/mol. The lowest BCUT2D eigenvalue weighted by Crippen LogP contribution is -2.43. The van der Waals surface area contributed by atoms with E-state index in [9.17, 15) is 18.0 Å². The molecule has 1 aliphatic rings.